The molecule has 0 aliphatic carbocycles. The number of Topliss-reactive ketones (excluding diaryl/α,β-unsaturated/α-hetero) is 1. The van der Waals surface area contributed by atoms with Gasteiger partial charge in [-0.25, -0.2) is 0 Å². The number of rotatable bonds is 4. The molecule has 0 aliphatic heterocycles. The van der Waals surface area contributed by atoms with Gasteiger partial charge in [0, 0.05) is 10.3 Å². The van der Waals surface area contributed by atoms with Crippen molar-refractivity contribution in [2.45, 2.75) is 47.0 Å². The zero-order valence-corrected chi connectivity index (χ0v) is 11.4. The molecule has 90 valence electrons. The van der Waals surface area contributed by atoms with Crippen molar-refractivity contribution >= 4 is 22.1 Å². The van der Waals surface area contributed by atoms with E-state index in [-0.39, 0.29) is 11.2 Å². The van der Waals surface area contributed by atoms with Gasteiger partial charge < -0.3 is 5.73 Å². The first-order valence-electron chi connectivity index (χ1n) is 5.79. The third kappa shape index (κ3) is 3.08. The highest BCUT2D eigenvalue weighted by molar-refractivity contribution is 7.16. The molecule has 0 unspecified atom stereocenters. The first-order chi connectivity index (χ1) is 7.36. The molecule has 0 atom stereocenters. The number of nitrogen functional groups attached to an aromatic ring is 1. The zero-order chi connectivity index (χ0) is 12.3. The topological polar surface area (TPSA) is 43.1 Å². The van der Waals surface area contributed by atoms with Gasteiger partial charge in [-0.2, -0.15) is 0 Å². The van der Waals surface area contributed by atoms with Crippen molar-refractivity contribution in [1.82, 2.24) is 0 Å². The maximum absolute atomic E-state index is 12.1. The van der Waals surface area contributed by atoms with E-state index in [0.29, 0.717) is 10.6 Å². The predicted octanol–water partition coefficient (Wildman–Crippen LogP) is 3.90. The van der Waals surface area contributed by atoms with E-state index in [1.54, 1.807) is 11.3 Å². The molecule has 1 aromatic rings. The number of carbonyl (C=O) groups is 1. The van der Waals surface area contributed by atoms with Crippen molar-refractivity contribution in [3.8, 4) is 0 Å². The van der Waals surface area contributed by atoms with E-state index in [4.69, 9.17) is 5.73 Å². The summed E-state index contributed by atoms with van der Waals surface area (Å²) in [5, 5.41) is 0.672. The van der Waals surface area contributed by atoms with Gasteiger partial charge >= 0.3 is 0 Å². The molecule has 0 radical (unpaired) electrons. The maximum Gasteiger partial charge on any atom is 0.171 e. The summed E-state index contributed by atoms with van der Waals surface area (Å²) in [7, 11) is 0. The molecule has 0 saturated carbocycles. The normalized spacial score (nSPS) is 11.8. The lowest BCUT2D eigenvalue weighted by atomic mass is 9.87. The van der Waals surface area contributed by atoms with Crippen LogP contribution in [0.1, 0.15) is 55.8 Å². The highest BCUT2D eigenvalue weighted by Gasteiger charge is 2.26. The Kier molecular flexibility index (Phi) is 4.14. The van der Waals surface area contributed by atoms with Gasteiger partial charge in [0.2, 0.25) is 0 Å². The van der Waals surface area contributed by atoms with Gasteiger partial charge in [-0.05, 0) is 18.9 Å². The average molecular weight is 239 g/mol. The minimum absolute atomic E-state index is 0.143. The van der Waals surface area contributed by atoms with Crippen molar-refractivity contribution in [2.24, 2.45) is 5.41 Å². The highest BCUT2D eigenvalue weighted by atomic mass is 32.1. The number of aryl methyl sites for hydroxylation is 1. The third-order valence-corrected chi connectivity index (χ3v) is 3.54. The predicted molar refractivity (Wildman–Crippen MR) is 71.1 cm³/mol. The molecule has 0 aromatic carbocycles. The van der Waals surface area contributed by atoms with Gasteiger partial charge in [0.05, 0.1) is 10.6 Å². The van der Waals surface area contributed by atoms with E-state index in [1.807, 2.05) is 26.8 Å². The quantitative estimate of drug-likeness (QED) is 0.810. The molecule has 1 aromatic heterocycles. The van der Waals surface area contributed by atoms with Crippen LogP contribution in [0.4, 0.5) is 5.00 Å². The monoisotopic (exact) mass is 239 g/mol. The summed E-state index contributed by atoms with van der Waals surface area (Å²) in [6.45, 7) is 7.95. The van der Waals surface area contributed by atoms with E-state index in [2.05, 4.69) is 6.92 Å². The largest absolute Gasteiger partial charge is 0.390 e. The Hall–Kier alpha value is -0.830. The number of thiophene rings is 1. The fraction of sp³-hybridized carbons (Fsp3) is 0.615. The van der Waals surface area contributed by atoms with Gasteiger partial charge in [-0.1, -0.05) is 34.1 Å². The fourth-order valence-electron chi connectivity index (χ4n) is 1.51. The number of ketones is 1. The lowest BCUT2D eigenvalue weighted by molar-refractivity contribution is 0.0859. The summed E-state index contributed by atoms with van der Waals surface area (Å²) >= 11 is 1.56. The summed E-state index contributed by atoms with van der Waals surface area (Å²) < 4.78 is 0. The van der Waals surface area contributed by atoms with E-state index < -0.39 is 0 Å². The first-order valence-corrected chi connectivity index (χ1v) is 6.61. The van der Waals surface area contributed by atoms with E-state index >= 15 is 0 Å². The van der Waals surface area contributed by atoms with Gasteiger partial charge in [0.15, 0.2) is 5.78 Å². The molecule has 0 amide bonds. The van der Waals surface area contributed by atoms with Crippen LogP contribution in [-0.4, -0.2) is 5.78 Å². The molecule has 0 fully saturated rings. The third-order valence-electron chi connectivity index (χ3n) is 2.51. The highest BCUT2D eigenvalue weighted by Crippen LogP contribution is 2.31. The summed E-state index contributed by atoms with van der Waals surface area (Å²) in [6, 6.07) is 1.98. The molecule has 16 heavy (non-hydrogen) atoms. The smallest absolute Gasteiger partial charge is 0.171 e. The molecule has 3 heteroatoms. The maximum atomic E-state index is 12.1. The lowest BCUT2D eigenvalue weighted by Crippen LogP contribution is -2.20. The fourth-order valence-corrected chi connectivity index (χ4v) is 2.48. The van der Waals surface area contributed by atoms with Crippen LogP contribution < -0.4 is 5.73 Å². The SMILES string of the molecule is CCCCc1cc(C(=O)C(C)(C)C)c(N)s1. The average Bonchev–Trinajstić information content (AvgIpc) is 2.54. The van der Waals surface area contributed by atoms with Gasteiger partial charge in [-0.15, -0.1) is 11.3 Å². The number of nitrogens with two attached hydrogens (primary N) is 1. The van der Waals surface area contributed by atoms with Crippen LogP contribution in [0.2, 0.25) is 0 Å². The molecule has 0 aliphatic rings. The van der Waals surface area contributed by atoms with Gasteiger partial charge in [0.25, 0.3) is 0 Å². The summed E-state index contributed by atoms with van der Waals surface area (Å²) in [4.78, 5) is 13.3. The first kappa shape index (κ1) is 13.2. The second-order valence-corrected chi connectivity index (χ2v) is 6.34. The second-order valence-electron chi connectivity index (χ2n) is 5.17. The molecule has 0 bridgehead atoms. The number of hydrogen-bond donors (Lipinski definition) is 1. The van der Waals surface area contributed by atoms with Gasteiger partial charge in [0.1, 0.15) is 0 Å². The molecule has 1 rings (SSSR count). The van der Waals surface area contributed by atoms with Crippen LogP contribution in [0.3, 0.4) is 0 Å². The molecular weight excluding hydrogens is 218 g/mol. The van der Waals surface area contributed by atoms with Crippen LogP contribution >= 0.6 is 11.3 Å². The Balaban J connectivity index is 2.89. The second kappa shape index (κ2) is 5.00. The number of carbonyl (C=O) groups excluding carboxylic acids is 1. The van der Waals surface area contributed by atoms with Gasteiger partial charge in [-0.3, -0.25) is 4.79 Å². The Morgan fingerprint density at radius 2 is 2.06 bits per heavy atom. The lowest BCUT2D eigenvalue weighted by Gasteiger charge is -2.15. The zero-order valence-electron chi connectivity index (χ0n) is 10.6. The Morgan fingerprint density at radius 1 is 1.44 bits per heavy atom. The number of unbranched alkanes of at least 4 members (excludes halogenated alkanes) is 1. The molecular formula is C13H21NOS. The Labute approximate surface area is 102 Å². The van der Waals surface area contributed by atoms with Crippen LogP contribution in [0.25, 0.3) is 0 Å². The van der Waals surface area contributed by atoms with Crippen LogP contribution in [-0.2, 0) is 6.42 Å². The summed E-state index contributed by atoms with van der Waals surface area (Å²) in [6.07, 6.45) is 3.35. The van der Waals surface area contributed by atoms with Crippen molar-refractivity contribution < 1.29 is 4.79 Å². The van der Waals surface area contributed by atoms with Crippen molar-refractivity contribution in [2.75, 3.05) is 5.73 Å². The van der Waals surface area contributed by atoms with Crippen molar-refractivity contribution in [3.05, 3.63) is 16.5 Å². The van der Waals surface area contributed by atoms with E-state index in [9.17, 15) is 4.79 Å². The number of anilines is 1. The Morgan fingerprint density at radius 3 is 2.56 bits per heavy atom. The van der Waals surface area contributed by atoms with Crippen molar-refractivity contribution in [1.29, 1.82) is 0 Å². The number of hydrogen-bond acceptors (Lipinski definition) is 3. The van der Waals surface area contributed by atoms with E-state index in [0.717, 1.165) is 12.8 Å². The van der Waals surface area contributed by atoms with Crippen molar-refractivity contribution in [3.63, 3.8) is 0 Å². The summed E-state index contributed by atoms with van der Waals surface area (Å²) in [5.74, 6) is 0.143. The molecule has 0 spiro atoms. The Bertz CT molecular complexity index is 374. The van der Waals surface area contributed by atoms with Crippen LogP contribution in [0.5, 0.6) is 0 Å². The van der Waals surface area contributed by atoms with E-state index in [1.165, 1.54) is 11.3 Å². The summed E-state index contributed by atoms with van der Waals surface area (Å²) in [5.41, 5.74) is 6.27. The minimum Gasteiger partial charge on any atom is -0.390 e. The minimum atomic E-state index is -0.350. The van der Waals surface area contributed by atoms with Crippen LogP contribution in [0, 0.1) is 5.41 Å². The van der Waals surface area contributed by atoms with Crippen LogP contribution in [0.15, 0.2) is 6.07 Å². The molecule has 2 N–H and O–H groups in total. The molecule has 2 nitrogen and oxygen atoms in total. The molecule has 1 heterocycles. The molecule has 0 saturated heterocycles. The standard InChI is InChI=1S/C13H21NOS/c1-5-6-7-9-8-10(12(14)16-9)11(15)13(2,3)4/h8H,5-7,14H2,1-4H3.